The Morgan fingerprint density at radius 1 is 1.50 bits per heavy atom. The van der Waals surface area contributed by atoms with Crippen LogP contribution in [0.3, 0.4) is 0 Å². The maximum Gasteiger partial charge on any atom is 0.560 e. The molecule has 0 amide bonds. The second-order valence-corrected chi connectivity index (χ2v) is 10.4. The third-order valence-electron chi connectivity index (χ3n) is 1.05. The Bertz CT molecular complexity index is 48.9. The van der Waals surface area contributed by atoms with Crippen LogP contribution >= 0.6 is 25.8 Å². The lowest BCUT2D eigenvalue weighted by Crippen LogP contribution is -1.84. The van der Waals surface area contributed by atoms with Crippen molar-refractivity contribution in [1.82, 2.24) is 0 Å². The average Bonchev–Trinajstić information content (AvgIpc) is 1.85. The minimum atomic E-state index is 0.0417. The summed E-state index contributed by atoms with van der Waals surface area (Å²) in [5, 5.41) is 0. The van der Waals surface area contributed by atoms with E-state index in [0.29, 0.717) is 5.92 Å². The van der Waals surface area contributed by atoms with Gasteiger partial charge in [-0.25, -0.2) is 0 Å². The molecule has 3 heteroatoms. The van der Waals surface area contributed by atoms with Gasteiger partial charge in [0.05, 0.1) is 0 Å². The molecule has 10 heavy (non-hydrogen) atoms. The topological polar surface area (TPSA) is 0 Å². The summed E-state index contributed by atoms with van der Waals surface area (Å²) in [7, 11) is 0. The highest BCUT2D eigenvalue weighted by Gasteiger charge is 1.88. The quantitative estimate of drug-likeness (QED) is 0.688. The number of rotatable bonds is 3. The van der Waals surface area contributed by atoms with Gasteiger partial charge in [0.25, 0.3) is 0 Å². The van der Waals surface area contributed by atoms with Gasteiger partial charge in [0.15, 0.2) is 0 Å². The third kappa shape index (κ3) is 22.6. The predicted octanol–water partition coefficient (Wildman–Crippen LogP) is 3.96. The fourth-order valence-corrected chi connectivity index (χ4v) is 0.553. The largest absolute Gasteiger partial charge is 0.560 e. The Hall–Kier alpha value is 1.73. The molecule has 0 N–H and O–H groups in total. The van der Waals surface area contributed by atoms with Crippen LogP contribution in [0.5, 0.6) is 0 Å². The first-order valence-electron chi connectivity index (χ1n) is 3.64. The van der Waals surface area contributed by atoms with Crippen LogP contribution in [0.1, 0.15) is 33.1 Å². The molecule has 0 aromatic carbocycles. The molecule has 0 aromatic rings. The van der Waals surface area contributed by atoms with Crippen molar-refractivity contribution in [2.24, 2.45) is 5.92 Å². The van der Waals surface area contributed by atoms with E-state index in [-0.39, 0.29) is 16.0 Å². The predicted molar refractivity (Wildman–Crippen MR) is 57.7 cm³/mol. The Morgan fingerprint density at radius 3 is 2.00 bits per heavy atom. The molecule has 0 bridgehead atoms. The van der Waals surface area contributed by atoms with Crippen LogP contribution in [0.15, 0.2) is 0 Å². The molecule has 0 aliphatic carbocycles. The van der Waals surface area contributed by atoms with Crippen LogP contribution in [0, 0.1) is 12.8 Å². The van der Waals surface area contributed by atoms with Gasteiger partial charge >= 0.3 is 16.0 Å². The normalized spacial score (nSPS) is 8.20. The smallest absolute Gasteiger partial charge is 0.280 e. The molecule has 0 rings (SSSR count). The second kappa shape index (κ2) is 13.3. The van der Waals surface area contributed by atoms with E-state index in [2.05, 4.69) is 46.5 Å². The zero-order valence-electron chi connectivity index (χ0n) is 6.87. The van der Waals surface area contributed by atoms with Crippen molar-refractivity contribution in [3.05, 3.63) is 6.92 Å². The molecular formula is C7H15Br2Mg. The summed E-state index contributed by atoms with van der Waals surface area (Å²) in [6.07, 6.45) is 3.93. The molecule has 1 atom stereocenters. The number of hydrogen-bond donors (Lipinski definition) is 0. The molecule has 1 unspecified atom stereocenters. The van der Waals surface area contributed by atoms with Gasteiger partial charge in [0.2, 0.25) is 0 Å². The fourth-order valence-electron chi connectivity index (χ4n) is 0.553. The molecule has 0 aliphatic heterocycles. The van der Waals surface area contributed by atoms with Crippen molar-refractivity contribution in [3.8, 4) is 0 Å². The highest BCUT2D eigenvalue weighted by molar-refractivity contribution is 9.47. The molecule has 0 spiro atoms. The molecular weight excluding hydrogens is 268 g/mol. The SMILES string of the molecule is [Br][Mg][Br].[CH2]C(C)CCCC. The molecule has 1 radical (unpaired) electrons. The van der Waals surface area contributed by atoms with E-state index in [1.165, 1.54) is 19.3 Å². The summed E-state index contributed by atoms with van der Waals surface area (Å²) in [5.41, 5.74) is 0. The maximum absolute atomic E-state index is 3.88. The molecule has 0 heterocycles. The zero-order valence-corrected chi connectivity index (χ0v) is 11.5. The average molecular weight is 283 g/mol. The van der Waals surface area contributed by atoms with Gasteiger partial charge in [-0.2, -0.15) is 0 Å². The Balaban J connectivity index is 0. The Morgan fingerprint density at radius 2 is 1.90 bits per heavy atom. The summed E-state index contributed by atoms with van der Waals surface area (Å²) < 4.78 is 0. The van der Waals surface area contributed by atoms with Gasteiger partial charge in [-0.3, -0.25) is 25.8 Å². The van der Waals surface area contributed by atoms with Gasteiger partial charge in [-0.05, 0) is 5.92 Å². The number of unbranched alkanes of at least 4 members (excludes halogenated alkanes) is 1. The first-order valence-corrected chi connectivity index (χ1v) is 11.4. The first kappa shape index (κ1) is 14.3. The minimum absolute atomic E-state index is 0.0417. The van der Waals surface area contributed by atoms with Gasteiger partial charge in [0.1, 0.15) is 0 Å². The van der Waals surface area contributed by atoms with Crippen molar-refractivity contribution in [2.45, 2.75) is 33.1 Å². The van der Waals surface area contributed by atoms with Crippen LogP contribution < -0.4 is 0 Å². The molecule has 0 aliphatic rings. The van der Waals surface area contributed by atoms with Crippen molar-refractivity contribution >= 4 is 41.8 Å². The molecule has 0 nitrogen and oxygen atoms in total. The van der Waals surface area contributed by atoms with E-state index < -0.39 is 0 Å². The maximum atomic E-state index is 3.88. The van der Waals surface area contributed by atoms with Gasteiger partial charge in [-0.15, -0.1) is 0 Å². The van der Waals surface area contributed by atoms with Crippen LogP contribution in [-0.4, -0.2) is 16.0 Å². The first-order chi connectivity index (χ1) is 4.68. The summed E-state index contributed by atoms with van der Waals surface area (Å²) in [6.45, 7) is 8.25. The van der Waals surface area contributed by atoms with Crippen molar-refractivity contribution in [3.63, 3.8) is 0 Å². The summed E-state index contributed by atoms with van der Waals surface area (Å²) in [5.74, 6) is 0.653. The second-order valence-electron chi connectivity index (χ2n) is 2.35. The third-order valence-corrected chi connectivity index (χ3v) is 1.05. The van der Waals surface area contributed by atoms with Crippen LogP contribution in [0.25, 0.3) is 0 Å². The number of hydrogen-bond acceptors (Lipinski definition) is 0. The van der Waals surface area contributed by atoms with Crippen LogP contribution in [0.4, 0.5) is 0 Å². The molecule has 59 valence electrons. The standard InChI is InChI=1S/C7H15.2BrH.Mg/c1-4-5-6-7(2)3;;;/h7H,2,4-6H2,1,3H3;2*1H;/q;;;+2/p-2. The molecule has 0 fully saturated rings. The van der Waals surface area contributed by atoms with Crippen molar-refractivity contribution < 1.29 is 0 Å². The zero-order chi connectivity index (χ0) is 8.41. The van der Waals surface area contributed by atoms with Crippen molar-refractivity contribution in [1.29, 1.82) is 0 Å². The van der Waals surface area contributed by atoms with E-state index in [1.54, 1.807) is 0 Å². The van der Waals surface area contributed by atoms with E-state index in [0.717, 1.165) is 0 Å². The summed E-state index contributed by atoms with van der Waals surface area (Å²) in [6, 6.07) is 0. The highest BCUT2D eigenvalue weighted by atomic mass is 79.9. The summed E-state index contributed by atoms with van der Waals surface area (Å²) in [4.78, 5) is 0. The van der Waals surface area contributed by atoms with E-state index in [1.807, 2.05) is 0 Å². The van der Waals surface area contributed by atoms with Crippen molar-refractivity contribution in [2.75, 3.05) is 0 Å². The van der Waals surface area contributed by atoms with Crippen LogP contribution in [0.2, 0.25) is 0 Å². The Labute approximate surface area is 87.0 Å². The Kier molecular flexibility index (Phi) is 19.0. The van der Waals surface area contributed by atoms with Gasteiger partial charge in [-0.1, -0.05) is 40.0 Å². The van der Waals surface area contributed by atoms with E-state index in [4.69, 9.17) is 0 Å². The molecule has 0 saturated heterocycles. The van der Waals surface area contributed by atoms with E-state index >= 15 is 0 Å². The van der Waals surface area contributed by atoms with Crippen LogP contribution in [-0.2, 0) is 0 Å². The summed E-state index contributed by atoms with van der Waals surface area (Å²) >= 11 is 6.44. The lowest BCUT2D eigenvalue weighted by molar-refractivity contribution is 0.595. The monoisotopic (exact) mass is 281 g/mol. The fraction of sp³-hybridized carbons (Fsp3) is 0.857. The van der Waals surface area contributed by atoms with Gasteiger partial charge in [0, 0.05) is 0 Å². The van der Waals surface area contributed by atoms with Gasteiger partial charge < -0.3 is 0 Å². The lowest BCUT2D eigenvalue weighted by atomic mass is 10.1. The minimum Gasteiger partial charge on any atom is -0.280 e. The molecule has 0 aromatic heterocycles. The molecule has 0 saturated carbocycles. The number of halogens is 2. The van der Waals surface area contributed by atoms with E-state index in [9.17, 15) is 0 Å². The lowest BCUT2D eigenvalue weighted by Gasteiger charge is -1.98. The highest BCUT2D eigenvalue weighted by Crippen LogP contribution is 2.03.